The average molecular weight is 596 g/mol. The third-order valence-electron chi connectivity index (χ3n) is 9.01. The number of benzene rings is 3. The van der Waals surface area contributed by atoms with E-state index in [1.165, 1.54) is 36.4 Å². The Morgan fingerprint density at radius 3 is 2.19 bits per heavy atom. The van der Waals surface area contributed by atoms with Crippen LogP contribution in [0.25, 0.3) is 0 Å². The van der Waals surface area contributed by atoms with Crippen LogP contribution in [0.5, 0.6) is 11.5 Å². The third kappa shape index (κ3) is 6.83. The lowest BCUT2D eigenvalue weighted by atomic mass is 9.66. The van der Waals surface area contributed by atoms with Gasteiger partial charge in [0.1, 0.15) is 11.5 Å². The van der Waals surface area contributed by atoms with Gasteiger partial charge in [-0.05, 0) is 62.1 Å². The lowest BCUT2D eigenvalue weighted by molar-refractivity contribution is -0.274. The summed E-state index contributed by atoms with van der Waals surface area (Å²) in [5.41, 5.74) is 2.92. The number of rotatable bonds is 11. The van der Waals surface area contributed by atoms with E-state index in [9.17, 15) is 18.0 Å². The van der Waals surface area contributed by atoms with Crippen molar-refractivity contribution in [3.05, 3.63) is 95.6 Å². The van der Waals surface area contributed by atoms with E-state index in [2.05, 4.69) is 39.2 Å². The number of methoxy groups -OCH3 is 1. The van der Waals surface area contributed by atoms with E-state index in [4.69, 9.17) is 4.74 Å². The maximum Gasteiger partial charge on any atom is 0.573 e. The van der Waals surface area contributed by atoms with E-state index in [0.717, 1.165) is 13.0 Å². The predicted octanol–water partition coefficient (Wildman–Crippen LogP) is 6.07. The van der Waals surface area contributed by atoms with Crippen LogP contribution in [0.15, 0.2) is 78.9 Å². The van der Waals surface area contributed by atoms with Crippen LogP contribution in [0.2, 0.25) is 0 Å². The molecule has 1 amide bonds. The number of carbonyl (C=O) groups excluding carboxylic acids is 1. The highest BCUT2D eigenvalue weighted by Gasteiger charge is 2.52. The molecule has 1 unspecified atom stereocenters. The standard InChI is InChI=1S/C34H40F3N3O3/c1-4-39(5-2)33(41)28-22-40-19-18-27(28)31(38-21-25-20-26(43-34(35,36)37)16-17-29(25)42-3)32(40)30(23-12-8-6-9-13-23)24-14-10-7-11-15-24/h6-17,20,27-28,30-32,38H,4-5,18-19,21-22H2,1-3H3/t27-,28-,31-,32+/m0/s1. The van der Waals surface area contributed by atoms with Crippen LogP contribution in [0, 0.1) is 11.8 Å². The molecule has 3 aliphatic heterocycles. The molecule has 1 N–H and O–H groups in total. The van der Waals surface area contributed by atoms with Gasteiger partial charge in [0.05, 0.1) is 13.0 Å². The number of hydrogen-bond donors (Lipinski definition) is 1. The molecule has 0 aromatic heterocycles. The zero-order valence-corrected chi connectivity index (χ0v) is 24.9. The molecule has 6 nitrogen and oxygen atoms in total. The lowest BCUT2D eigenvalue weighted by Crippen LogP contribution is -2.69. The van der Waals surface area contributed by atoms with Crippen LogP contribution in [0.1, 0.15) is 42.9 Å². The average Bonchev–Trinajstić information content (AvgIpc) is 3.01. The molecule has 0 radical (unpaired) electrons. The van der Waals surface area contributed by atoms with Crippen LogP contribution in [0.4, 0.5) is 13.2 Å². The molecule has 0 aliphatic carbocycles. The first kappa shape index (κ1) is 30.9. The van der Waals surface area contributed by atoms with Crippen molar-refractivity contribution in [2.24, 2.45) is 11.8 Å². The Kier molecular flexibility index (Phi) is 9.62. The number of nitrogens with one attached hydrogen (secondary N) is 1. The molecule has 3 aliphatic rings. The Morgan fingerprint density at radius 1 is 1.00 bits per heavy atom. The Hall–Kier alpha value is -3.56. The molecule has 43 heavy (non-hydrogen) atoms. The summed E-state index contributed by atoms with van der Waals surface area (Å²) < 4.78 is 48.8. The summed E-state index contributed by atoms with van der Waals surface area (Å²) in [5, 5.41) is 3.73. The van der Waals surface area contributed by atoms with Crippen LogP contribution < -0.4 is 14.8 Å². The van der Waals surface area contributed by atoms with Gasteiger partial charge in [-0.25, -0.2) is 0 Å². The Morgan fingerprint density at radius 2 is 1.63 bits per heavy atom. The zero-order valence-electron chi connectivity index (χ0n) is 24.9. The Labute approximate surface area is 251 Å². The van der Waals surface area contributed by atoms with Crippen LogP contribution in [-0.4, -0.2) is 67.4 Å². The van der Waals surface area contributed by atoms with E-state index in [1.807, 2.05) is 55.1 Å². The monoisotopic (exact) mass is 595 g/mol. The molecule has 3 aromatic carbocycles. The van der Waals surface area contributed by atoms with Gasteiger partial charge in [-0.2, -0.15) is 0 Å². The van der Waals surface area contributed by atoms with Crippen LogP contribution in [-0.2, 0) is 11.3 Å². The number of amides is 1. The Bertz CT molecular complexity index is 1310. The fourth-order valence-corrected chi connectivity index (χ4v) is 7.12. The SMILES string of the molecule is CCN(CC)C(=O)[C@H]1CN2CC[C@@H]1[C@H](NCc1cc(OC(F)(F)F)ccc1OC)[C@H]2C(c1ccccc1)c1ccccc1. The zero-order chi connectivity index (χ0) is 30.6. The van der Waals surface area contributed by atoms with E-state index in [-0.39, 0.29) is 48.0 Å². The summed E-state index contributed by atoms with van der Waals surface area (Å²) in [6.45, 7) is 7.13. The molecule has 2 bridgehead atoms. The summed E-state index contributed by atoms with van der Waals surface area (Å²) in [7, 11) is 1.50. The van der Waals surface area contributed by atoms with Crippen molar-refractivity contribution in [3.63, 3.8) is 0 Å². The largest absolute Gasteiger partial charge is 0.573 e. The number of nitrogens with zero attached hydrogens (tertiary/aromatic N) is 2. The first-order valence-corrected chi connectivity index (χ1v) is 15.0. The van der Waals surface area contributed by atoms with Gasteiger partial charge >= 0.3 is 6.36 Å². The molecule has 0 saturated carbocycles. The third-order valence-corrected chi connectivity index (χ3v) is 9.01. The summed E-state index contributed by atoms with van der Waals surface area (Å²) in [6, 6.07) is 24.8. The molecule has 9 heteroatoms. The predicted molar refractivity (Wildman–Crippen MR) is 160 cm³/mol. The highest BCUT2D eigenvalue weighted by Crippen LogP contribution is 2.45. The number of hydrogen-bond acceptors (Lipinski definition) is 5. The fraction of sp³-hybridized carbons (Fsp3) is 0.441. The summed E-state index contributed by atoms with van der Waals surface area (Å²) in [4.78, 5) is 18.2. The highest BCUT2D eigenvalue weighted by atomic mass is 19.4. The van der Waals surface area contributed by atoms with Gasteiger partial charge in [-0.15, -0.1) is 13.2 Å². The van der Waals surface area contributed by atoms with Gasteiger partial charge < -0.3 is 19.7 Å². The number of fused-ring (bicyclic) bond motifs is 3. The minimum atomic E-state index is -4.79. The van der Waals surface area contributed by atoms with Crippen molar-refractivity contribution in [1.29, 1.82) is 0 Å². The number of carbonyl (C=O) groups is 1. The van der Waals surface area contributed by atoms with E-state index in [1.54, 1.807) is 0 Å². The first-order chi connectivity index (χ1) is 20.7. The van der Waals surface area contributed by atoms with Gasteiger partial charge in [0.15, 0.2) is 0 Å². The smallest absolute Gasteiger partial charge is 0.496 e. The molecule has 3 saturated heterocycles. The molecule has 230 valence electrons. The molecular formula is C34H40F3N3O3. The molecule has 5 atom stereocenters. The normalized spacial score (nSPS) is 23.3. The van der Waals surface area contributed by atoms with Gasteiger partial charge in [-0.3, -0.25) is 9.69 Å². The summed E-state index contributed by atoms with van der Waals surface area (Å²) in [5.74, 6) is 0.248. The highest BCUT2D eigenvalue weighted by molar-refractivity contribution is 5.80. The molecule has 3 heterocycles. The summed E-state index contributed by atoms with van der Waals surface area (Å²) in [6.07, 6.45) is -3.94. The number of ether oxygens (including phenoxy) is 2. The second-order valence-corrected chi connectivity index (χ2v) is 11.3. The maximum absolute atomic E-state index is 13.8. The molecule has 3 aromatic rings. The fourth-order valence-electron chi connectivity index (χ4n) is 7.12. The van der Waals surface area contributed by atoms with Gasteiger partial charge in [0.2, 0.25) is 5.91 Å². The van der Waals surface area contributed by atoms with E-state index >= 15 is 0 Å². The number of halogens is 3. The van der Waals surface area contributed by atoms with E-state index in [0.29, 0.717) is 30.9 Å². The van der Waals surface area contributed by atoms with E-state index < -0.39 is 6.36 Å². The first-order valence-electron chi connectivity index (χ1n) is 15.0. The van der Waals surface area contributed by atoms with Gasteiger partial charge in [-0.1, -0.05) is 60.7 Å². The number of piperidine rings is 3. The van der Waals surface area contributed by atoms with Gasteiger partial charge in [0.25, 0.3) is 0 Å². The van der Waals surface area contributed by atoms with Crippen molar-refractivity contribution in [3.8, 4) is 11.5 Å². The maximum atomic E-state index is 13.8. The minimum Gasteiger partial charge on any atom is -0.496 e. The number of alkyl halides is 3. The molecule has 6 rings (SSSR count). The second-order valence-electron chi connectivity index (χ2n) is 11.3. The molecular weight excluding hydrogens is 555 g/mol. The molecule has 3 fully saturated rings. The lowest BCUT2D eigenvalue weighted by Gasteiger charge is -2.57. The Balaban J connectivity index is 1.54. The topological polar surface area (TPSA) is 54.0 Å². The minimum absolute atomic E-state index is 0.0184. The quantitative estimate of drug-likeness (QED) is 0.292. The van der Waals surface area contributed by atoms with Crippen LogP contribution in [0.3, 0.4) is 0 Å². The van der Waals surface area contributed by atoms with Crippen molar-refractivity contribution < 1.29 is 27.4 Å². The van der Waals surface area contributed by atoms with Crippen molar-refractivity contribution >= 4 is 5.91 Å². The summed E-state index contributed by atoms with van der Waals surface area (Å²) >= 11 is 0. The van der Waals surface area contributed by atoms with Gasteiger partial charge in [0, 0.05) is 49.7 Å². The van der Waals surface area contributed by atoms with Crippen molar-refractivity contribution in [2.45, 2.75) is 51.2 Å². The second kappa shape index (κ2) is 13.4. The van der Waals surface area contributed by atoms with Crippen molar-refractivity contribution in [1.82, 2.24) is 15.1 Å². The van der Waals surface area contributed by atoms with Crippen molar-refractivity contribution in [2.75, 3.05) is 33.3 Å². The van der Waals surface area contributed by atoms with Crippen LogP contribution >= 0.6 is 0 Å². The molecule has 0 spiro atoms.